The number of carbonyl (C=O) groups excluding carboxylic acids is 1. The molecule has 0 spiro atoms. The fourth-order valence-electron chi connectivity index (χ4n) is 3.77. The molecule has 5 heteroatoms. The zero-order chi connectivity index (χ0) is 16.4. The lowest BCUT2D eigenvalue weighted by Crippen LogP contribution is -2.44. The molecule has 2 aromatic rings. The van der Waals surface area contributed by atoms with Gasteiger partial charge < -0.3 is 4.90 Å². The summed E-state index contributed by atoms with van der Waals surface area (Å²) in [5.74, 6) is 0.0536. The van der Waals surface area contributed by atoms with Gasteiger partial charge in [0.25, 0.3) is 0 Å². The molecule has 0 saturated heterocycles. The molecule has 1 saturated carbocycles. The number of hydrogen-bond acceptors (Lipinski definition) is 2. The van der Waals surface area contributed by atoms with Gasteiger partial charge in [-0.1, -0.05) is 31.4 Å². The molecule has 0 N–H and O–H groups in total. The molecule has 3 rings (SSSR count). The summed E-state index contributed by atoms with van der Waals surface area (Å²) in [4.78, 5) is 27.2. The molecule has 0 atom stereocenters. The molecule has 1 heterocycles. The highest BCUT2D eigenvalue weighted by atomic mass is 16.2. The van der Waals surface area contributed by atoms with Gasteiger partial charge in [-0.2, -0.15) is 0 Å². The number of fused-ring (bicyclic) bond motifs is 1. The van der Waals surface area contributed by atoms with Gasteiger partial charge in [-0.25, -0.2) is 4.79 Å². The van der Waals surface area contributed by atoms with Crippen LogP contribution in [0.15, 0.2) is 29.1 Å². The summed E-state index contributed by atoms with van der Waals surface area (Å²) in [6, 6.07) is 7.97. The largest absolute Gasteiger partial charge is 0.338 e. The van der Waals surface area contributed by atoms with E-state index in [-0.39, 0.29) is 18.1 Å². The Hall–Kier alpha value is -2.04. The van der Waals surface area contributed by atoms with Crippen molar-refractivity contribution >= 4 is 16.9 Å². The van der Waals surface area contributed by atoms with Gasteiger partial charge in [-0.15, -0.1) is 0 Å². The van der Waals surface area contributed by atoms with Crippen molar-refractivity contribution in [2.45, 2.75) is 51.6 Å². The van der Waals surface area contributed by atoms with E-state index in [0.29, 0.717) is 12.6 Å². The number of para-hydroxylation sites is 2. The zero-order valence-electron chi connectivity index (χ0n) is 14.0. The van der Waals surface area contributed by atoms with E-state index in [2.05, 4.69) is 0 Å². The van der Waals surface area contributed by atoms with Crippen LogP contribution in [0, 0.1) is 0 Å². The Balaban J connectivity index is 1.87. The van der Waals surface area contributed by atoms with Crippen molar-refractivity contribution in [2.75, 3.05) is 6.54 Å². The first-order valence-corrected chi connectivity index (χ1v) is 8.57. The molecule has 1 aliphatic carbocycles. The predicted octanol–water partition coefficient (Wildman–Crippen LogP) is 2.52. The SMILES string of the molecule is CCN(C(=O)Cn1c(=O)n(C)c2ccccc21)C1CCCCC1. The van der Waals surface area contributed by atoms with Crippen LogP contribution in [0.5, 0.6) is 0 Å². The highest BCUT2D eigenvalue weighted by Gasteiger charge is 2.25. The van der Waals surface area contributed by atoms with E-state index in [1.807, 2.05) is 36.1 Å². The van der Waals surface area contributed by atoms with Crippen LogP contribution in [0.2, 0.25) is 0 Å². The van der Waals surface area contributed by atoms with E-state index in [0.717, 1.165) is 23.9 Å². The maximum Gasteiger partial charge on any atom is 0.329 e. The van der Waals surface area contributed by atoms with Crippen molar-refractivity contribution in [3.8, 4) is 0 Å². The molecule has 0 bridgehead atoms. The summed E-state index contributed by atoms with van der Waals surface area (Å²) < 4.78 is 3.21. The van der Waals surface area contributed by atoms with Crippen LogP contribution < -0.4 is 5.69 Å². The number of aryl methyl sites for hydroxylation is 1. The second-order valence-electron chi connectivity index (χ2n) is 6.39. The number of imidazole rings is 1. The maximum absolute atomic E-state index is 12.8. The van der Waals surface area contributed by atoms with Gasteiger partial charge in [0.15, 0.2) is 0 Å². The monoisotopic (exact) mass is 315 g/mol. The number of likely N-dealkylation sites (N-methyl/N-ethyl adjacent to an activating group) is 1. The quantitative estimate of drug-likeness (QED) is 0.870. The molecule has 1 aromatic carbocycles. The molecule has 0 unspecified atom stereocenters. The lowest BCUT2D eigenvalue weighted by Gasteiger charge is -2.33. The van der Waals surface area contributed by atoms with Crippen molar-refractivity contribution in [2.24, 2.45) is 7.05 Å². The molecule has 0 aliphatic heterocycles. The molecule has 1 fully saturated rings. The maximum atomic E-state index is 12.8. The van der Waals surface area contributed by atoms with Crippen molar-refractivity contribution in [3.05, 3.63) is 34.7 Å². The summed E-state index contributed by atoms with van der Waals surface area (Å²) in [5.41, 5.74) is 1.57. The smallest absolute Gasteiger partial charge is 0.329 e. The standard InChI is InChI=1S/C18H25N3O2/c1-3-20(14-9-5-4-6-10-14)17(22)13-21-16-12-8-7-11-15(16)19(2)18(21)23/h7-8,11-12,14H,3-6,9-10,13H2,1-2H3. The number of benzene rings is 1. The first-order valence-electron chi connectivity index (χ1n) is 8.57. The first-order chi connectivity index (χ1) is 11.1. The molecule has 23 heavy (non-hydrogen) atoms. The van der Waals surface area contributed by atoms with Crippen molar-refractivity contribution in [3.63, 3.8) is 0 Å². The molecule has 0 radical (unpaired) electrons. The summed E-state index contributed by atoms with van der Waals surface area (Å²) in [6.07, 6.45) is 5.84. The summed E-state index contributed by atoms with van der Waals surface area (Å²) in [5, 5.41) is 0. The number of rotatable bonds is 4. The van der Waals surface area contributed by atoms with E-state index < -0.39 is 0 Å². The summed E-state index contributed by atoms with van der Waals surface area (Å²) >= 11 is 0. The number of carbonyl (C=O) groups is 1. The van der Waals surface area contributed by atoms with Crippen LogP contribution in [0.25, 0.3) is 11.0 Å². The van der Waals surface area contributed by atoms with Crippen molar-refractivity contribution in [1.82, 2.24) is 14.0 Å². The second kappa shape index (κ2) is 6.60. The molecular formula is C18H25N3O2. The molecule has 1 aliphatic rings. The van der Waals surface area contributed by atoms with Crippen molar-refractivity contribution in [1.29, 1.82) is 0 Å². The van der Waals surface area contributed by atoms with E-state index in [9.17, 15) is 9.59 Å². The zero-order valence-corrected chi connectivity index (χ0v) is 14.0. The molecule has 124 valence electrons. The van der Waals surface area contributed by atoms with Gasteiger partial charge in [0.05, 0.1) is 11.0 Å². The highest BCUT2D eigenvalue weighted by molar-refractivity contribution is 5.81. The highest BCUT2D eigenvalue weighted by Crippen LogP contribution is 2.23. The van der Waals surface area contributed by atoms with Crippen LogP contribution in [0.3, 0.4) is 0 Å². The Morgan fingerprint density at radius 1 is 1.17 bits per heavy atom. The number of nitrogens with zero attached hydrogens (tertiary/aromatic N) is 3. The molecule has 1 aromatic heterocycles. The van der Waals surface area contributed by atoms with Gasteiger partial charge in [0.1, 0.15) is 6.54 Å². The predicted molar refractivity (Wildman–Crippen MR) is 91.4 cm³/mol. The van der Waals surface area contributed by atoms with Crippen LogP contribution in [0.4, 0.5) is 0 Å². The Morgan fingerprint density at radius 2 is 1.83 bits per heavy atom. The Morgan fingerprint density at radius 3 is 2.48 bits per heavy atom. The second-order valence-corrected chi connectivity index (χ2v) is 6.39. The minimum absolute atomic E-state index is 0.0536. The fraction of sp³-hybridized carbons (Fsp3) is 0.556. The number of hydrogen-bond donors (Lipinski definition) is 0. The van der Waals surface area contributed by atoms with Gasteiger partial charge in [0, 0.05) is 19.6 Å². The number of amides is 1. The Kier molecular flexibility index (Phi) is 4.55. The van der Waals surface area contributed by atoms with Gasteiger partial charge in [-0.05, 0) is 31.9 Å². The van der Waals surface area contributed by atoms with Gasteiger partial charge in [0.2, 0.25) is 5.91 Å². The molecule has 5 nitrogen and oxygen atoms in total. The lowest BCUT2D eigenvalue weighted by atomic mass is 9.94. The third-order valence-electron chi connectivity index (χ3n) is 5.02. The minimum Gasteiger partial charge on any atom is -0.338 e. The Labute approximate surface area is 136 Å². The number of aromatic nitrogens is 2. The third kappa shape index (κ3) is 2.92. The average Bonchev–Trinajstić information content (AvgIpc) is 2.82. The van der Waals surface area contributed by atoms with E-state index in [1.165, 1.54) is 19.3 Å². The van der Waals surface area contributed by atoms with Crippen LogP contribution >= 0.6 is 0 Å². The topological polar surface area (TPSA) is 47.2 Å². The van der Waals surface area contributed by atoms with Crippen LogP contribution in [-0.2, 0) is 18.4 Å². The van der Waals surface area contributed by atoms with Gasteiger partial charge >= 0.3 is 5.69 Å². The third-order valence-corrected chi connectivity index (χ3v) is 5.02. The van der Waals surface area contributed by atoms with Crippen molar-refractivity contribution < 1.29 is 4.79 Å². The summed E-state index contributed by atoms with van der Waals surface area (Å²) in [6.45, 7) is 2.87. The fourth-order valence-corrected chi connectivity index (χ4v) is 3.77. The lowest BCUT2D eigenvalue weighted by molar-refractivity contribution is -0.134. The van der Waals surface area contributed by atoms with Crippen LogP contribution in [-0.4, -0.2) is 32.5 Å². The van der Waals surface area contributed by atoms with E-state index >= 15 is 0 Å². The first kappa shape index (κ1) is 15.8. The minimum atomic E-state index is -0.126. The molecule has 1 amide bonds. The van der Waals surface area contributed by atoms with Crippen LogP contribution in [0.1, 0.15) is 39.0 Å². The average molecular weight is 315 g/mol. The normalized spacial score (nSPS) is 15.9. The molecular weight excluding hydrogens is 290 g/mol. The van der Waals surface area contributed by atoms with Gasteiger partial charge in [-0.3, -0.25) is 13.9 Å². The summed E-state index contributed by atoms with van der Waals surface area (Å²) in [7, 11) is 1.75. The Bertz CT molecular complexity index is 753. The van der Waals surface area contributed by atoms with E-state index in [4.69, 9.17) is 0 Å². The van der Waals surface area contributed by atoms with E-state index in [1.54, 1.807) is 16.2 Å².